The molecule has 1 aliphatic heterocycles. The Labute approximate surface area is 167 Å². The van der Waals surface area contributed by atoms with Crippen LogP contribution in [-0.4, -0.2) is 38.7 Å². The average Bonchev–Trinajstić information content (AvgIpc) is 2.72. The van der Waals surface area contributed by atoms with Crippen molar-refractivity contribution in [3.05, 3.63) is 53.6 Å². The smallest absolute Gasteiger partial charge is 0.336 e. The van der Waals surface area contributed by atoms with Gasteiger partial charge in [0.2, 0.25) is 0 Å². The van der Waals surface area contributed by atoms with Gasteiger partial charge >= 0.3 is 6.03 Å². The van der Waals surface area contributed by atoms with Gasteiger partial charge in [0, 0.05) is 5.56 Å². The van der Waals surface area contributed by atoms with Gasteiger partial charge < -0.3 is 14.2 Å². The lowest BCUT2D eigenvalue weighted by atomic mass is 10.1. The van der Waals surface area contributed by atoms with Gasteiger partial charge in [-0.2, -0.15) is 0 Å². The predicted molar refractivity (Wildman–Crippen MR) is 106 cm³/mol. The Morgan fingerprint density at radius 2 is 1.69 bits per heavy atom. The predicted octanol–water partition coefficient (Wildman–Crippen LogP) is 2.77. The number of imide groups is 2. The third kappa shape index (κ3) is 3.77. The van der Waals surface area contributed by atoms with Crippen molar-refractivity contribution in [1.82, 2.24) is 5.32 Å². The second kappa shape index (κ2) is 8.47. The molecular weight excluding hydrogens is 376 g/mol. The van der Waals surface area contributed by atoms with Crippen molar-refractivity contribution >= 4 is 29.6 Å². The van der Waals surface area contributed by atoms with Crippen LogP contribution in [0.25, 0.3) is 6.08 Å². The van der Waals surface area contributed by atoms with Gasteiger partial charge in [0.1, 0.15) is 11.3 Å². The first-order chi connectivity index (χ1) is 14.0. The summed E-state index contributed by atoms with van der Waals surface area (Å²) in [5, 5.41) is 2.20. The number of methoxy groups -OCH3 is 2. The summed E-state index contributed by atoms with van der Waals surface area (Å²) in [6.45, 7) is 2.14. The molecular formula is C21H20N2O6. The van der Waals surface area contributed by atoms with Gasteiger partial charge in [-0.3, -0.25) is 14.9 Å². The lowest BCUT2D eigenvalue weighted by molar-refractivity contribution is -0.122. The highest BCUT2D eigenvalue weighted by Crippen LogP contribution is 2.34. The first-order valence-electron chi connectivity index (χ1n) is 8.86. The molecule has 0 aliphatic carbocycles. The van der Waals surface area contributed by atoms with Crippen LogP contribution >= 0.6 is 0 Å². The Morgan fingerprint density at radius 3 is 2.38 bits per heavy atom. The van der Waals surface area contributed by atoms with E-state index in [2.05, 4.69) is 5.32 Å². The minimum absolute atomic E-state index is 0.220. The van der Waals surface area contributed by atoms with Crippen LogP contribution in [0.15, 0.2) is 48.0 Å². The molecule has 0 atom stereocenters. The Hall–Kier alpha value is -3.81. The molecule has 2 aromatic rings. The molecule has 1 fully saturated rings. The summed E-state index contributed by atoms with van der Waals surface area (Å²) in [4.78, 5) is 38.8. The van der Waals surface area contributed by atoms with Crippen LogP contribution in [0.2, 0.25) is 0 Å². The van der Waals surface area contributed by atoms with E-state index in [1.807, 2.05) is 0 Å². The number of anilines is 1. The molecule has 0 spiro atoms. The van der Waals surface area contributed by atoms with Crippen molar-refractivity contribution in [2.24, 2.45) is 0 Å². The number of amides is 4. The maximum atomic E-state index is 13.1. The van der Waals surface area contributed by atoms with Crippen molar-refractivity contribution in [3.63, 3.8) is 0 Å². The first-order valence-corrected chi connectivity index (χ1v) is 8.86. The second-order valence-corrected chi connectivity index (χ2v) is 5.94. The van der Waals surface area contributed by atoms with Crippen molar-refractivity contribution in [2.45, 2.75) is 6.92 Å². The Kier molecular flexibility index (Phi) is 5.82. The fourth-order valence-electron chi connectivity index (χ4n) is 2.98. The van der Waals surface area contributed by atoms with Crippen LogP contribution in [0.3, 0.4) is 0 Å². The number of nitrogens with one attached hydrogen (secondary N) is 1. The molecule has 1 heterocycles. The number of ether oxygens (including phenoxy) is 3. The van der Waals surface area contributed by atoms with Crippen molar-refractivity contribution in [1.29, 1.82) is 0 Å². The largest absolute Gasteiger partial charge is 0.493 e. The third-order valence-corrected chi connectivity index (χ3v) is 4.24. The Bertz CT molecular complexity index is 998. The molecule has 8 heteroatoms. The summed E-state index contributed by atoms with van der Waals surface area (Å²) >= 11 is 0. The van der Waals surface area contributed by atoms with Gasteiger partial charge in [-0.05, 0) is 31.2 Å². The molecule has 1 saturated heterocycles. The number of urea groups is 1. The van der Waals surface area contributed by atoms with Crippen LogP contribution in [0.4, 0.5) is 10.5 Å². The highest BCUT2D eigenvalue weighted by molar-refractivity contribution is 6.39. The summed E-state index contributed by atoms with van der Waals surface area (Å²) in [7, 11) is 2.94. The topological polar surface area (TPSA) is 94.2 Å². The van der Waals surface area contributed by atoms with Crippen LogP contribution in [0.5, 0.6) is 17.2 Å². The van der Waals surface area contributed by atoms with Gasteiger partial charge in [0.25, 0.3) is 11.8 Å². The van der Waals surface area contributed by atoms with E-state index in [1.165, 1.54) is 20.3 Å². The molecule has 1 N–H and O–H groups in total. The molecule has 2 aromatic carbocycles. The first kappa shape index (κ1) is 19.9. The summed E-state index contributed by atoms with van der Waals surface area (Å²) in [6, 6.07) is 10.8. The summed E-state index contributed by atoms with van der Waals surface area (Å²) < 4.78 is 16.1. The molecule has 29 heavy (non-hydrogen) atoms. The van der Waals surface area contributed by atoms with E-state index in [4.69, 9.17) is 14.2 Å². The van der Waals surface area contributed by atoms with Crippen LogP contribution in [0.1, 0.15) is 12.5 Å². The number of hydrogen-bond donors (Lipinski definition) is 1. The SMILES string of the molecule is CCOc1ccccc1N1C(=O)NC(=O)/C(=C\c2cccc(OC)c2OC)C1=O. The van der Waals surface area contributed by atoms with Gasteiger partial charge in [0.05, 0.1) is 26.5 Å². The Morgan fingerprint density at radius 1 is 0.966 bits per heavy atom. The minimum atomic E-state index is -0.845. The monoisotopic (exact) mass is 396 g/mol. The number of rotatable bonds is 6. The summed E-state index contributed by atoms with van der Waals surface area (Å²) in [5.74, 6) is -0.404. The van der Waals surface area contributed by atoms with Crippen molar-refractivity contribution in [2.75, 3.05) is 25.7 Å². The van der Waals surface area contributed by atoms with Gasteiger partial charge in [-0.15, -0.1) is 0 Å². The van der Waals surface area contributed by atoms with Gasteiger partial charge in [0.15, 0.2) is 11.5 Å². The zero-order chi connectivity index (χ0) is 21.0. The van der Waals surface area contributed by atoms with Crippen molar-refractivity contribution in [3.8, 4) is 17.2 Å². The molecule has 150 valence electrons. The van der Waals surface area contributed by atoms with E-state index >= 15 is 0 Å². The number of nitrogens with zero attached hydrogens (tertiary/aromatic N) is 1. The van der Waals surface area contributed by atoms with E-state index in [-0.39, 0.29) is 11.3 Å². The number of carbonyl (C=O) groups is 3. The van der Waals surface area contributed by atoms with Gasteiger partial charge in [-0.1, -0.05) is 24.3 Å². The Balaban J connectivity index is 2.08. The molecule has 3 rings (SSSR count). The van der Waals surface area contributed by atoms with E-state index in [0.29, 0.717) is 29.4 Å². The van der Waals surface area contributed by atoms with Crippen molar-refractivity contribution < 1.29 is 28.6 Å². The molecule has 0 radical (unpaired) electrons. The summed E-state index contributed by atoms with van der Waals surface area (Å²) in [6.07, 6.45) is 1.36. The van der Waals surface area contributed by atoms with Crippen LogP contribution in [-0.2, 0) is 9.59 Å². The number of benzene rings is 2. The van der Waals surface area contributed by atoms with E-state index < -0.39 is 17.8 Å². The normalized spacial score (nSPS) is 15.3. The molecule has 0 aromatic heterocycles. The third-order valence-electron chi connectivity index (χ3n) is 4.24. The van der Waals surface area contributed by atoms with E-state index in [1.54, 1.807) is 49.4 Å². The highest BCUT2D eigenvalue weighted by Gasteiger charge is 2.38. The number of para-hydroxylation sites is 3. The highest BCUT2D eigenvalue weighted by atomic mass is 16.5. The lowest BCUT2D eigenvalue weighted by Crippen LogP contribution is -2.54. The fraction of sp³-hybridized carbons (Fsp3) is 0.190. The van der Waals surface area contributed by atoms with E-state index in [9.17, 15) is 14.4 Å². The molecule has 1 aliphatic rings. The molecule has 0 unspecified atom stereocenters. The van der Waals surface area contributed by atoms with Gasteiger partial charge in [-0.25, -0.2) is 9.69 Å². The summed E-state index contributed by atoms with van der Waals surface area (Å²) in [5.41, 5.74) is 0.480. The zero-order valence-corrected chi connectivity index (χ0v) is 16.2. The van der Waals surface area contributed by atoms with Crippen LogP contribution in [0, 0.1) is 0 Å². The maximum Gasteiger partial charge on any atom is 0.336 e. The minimum Gasteiger partial charge on any atom is -0.493 e. The molecule has 8 nitrogen and oxygen atoms in total. The molecule has 4 amide bonds. The number of hydrogen-bond acceptors (Lipinski definition) is 6. The standard InChI is InChI=1S/C21H20N2O6/c1-4-29-16-10-6-5-9-15(16)23-20(25)14(19(24)22-21(23)26)12-13-8-7-11-17(27-2)18(13)28-3/h5-12H,4H2,1-3H3,(H,22,24,26)/b14-12+. The second-order valence-electron chi connectivity index (χ2n) is 5.94. The maximum absolute atomic E-state index is 13.1. The number of carbonyl (C=O) groups excluding carboxylic acids is 3. The molecule has 0 bridgehead atoms. The lowest BCUT2D eigenvalue weighted by Gasteiger charge is -2.27. The quantitative estimate of drug-likeness (QED) is 0.596. The number of barbiturate groups is 1. The average molecular weight is 396 g/mol. The van der Waals surface area contributed by atoms with Crippen LogP contribution < -0.4 is 24.4 Å². The zero-order valence-electron chi connectivity index (χ0n) is 16.2. The molecule has 0 saturated carbocycles. The van der Waals surface area contributed by atoms with E-state index in [0.717, 1.165) is 4.90 Å². The fourth-order valence-corrected chi connectivity index (χ4v) is 2.98.